The molecule has 24 nitrogen and oxygen atoms in total. The predicted octanol–water partition coefficient (Wildman–Crippen LogP) is -0.472. The number of rotatable bonds is 9. The average Bonchev–Trinajstić information content (AvgIpc) is 3.19. The Morgan fingerprint density at radius 2 is 1.82 bits per heavy atom. The molecule has 1 aliphatic heterocycles. The van der Waals surface area contributed by atoms with Crippen molar-refractivity contribution in [2.24, 2.45) is 5.11 Å². The summed E-state index contributed by atoms with van der Waals surface area (Å²) in [4.78, 5) is 52.4. The lowest BCUT2D eigenvalue weighted by molar-refractivity contribution is -0.250. The molecule has 0 saturated carbocycles. The third kappa shape index (κ3) is 8.16. The molecule has 3 heterocycles. The van der Waals surface area contributed by atoms with Crippen molar-refractivity contribution in [2.75, 3.05) is 12.3 Å². The highest BCUT2D eigenvalue weighted by Crippen LogP contribution is 2.61. The Kier molecular flexibility index (Phi) is 13.3. The van der Waals surface area contributed by atoms with Crippen LogP contribution in [0.4, 0.5) is 5.82 Å². The van der Waals surface area contributed by atoms with Gasteiger partial charge in [-0.25, -0.2) is 23.1 Å². The van der Waals surface area contributed by atoms with Crippen molar-refractivity contribution in [3.05, 3.63) is 28.7 Å². The molecule has 2 aromatic rings. The van der Waals surface area contributed by atoms with Crippen LogP contribution < -0.4 is 45.0 Å². The van der Waals surface area contributed by atoms with Crippen LogP contribution in [-0.2, 0) is 31.6 Å². The van der Waals surface area contributed by atoms with Crippen molar-refractivity contribution < 1.29 is 56.3 Å². The van der Waals surface area contributed by atoms with Crippen LogP contribution in [0.2, 0.25) is 0 Å². The molecule has 3 unspecified atom stereocenters. The molecule has 3 rings (SSSR count). The lowest BCUT2D eigenvalue weighted by atomic mass is 9.88. The number of nitrogen functional groups attached to an aromatic ring is 1. The lowest BCUT2D eigenvalue weighted by Gasteiger charge is -2.33. The summed E-state index contributed by atoms with van der Waals surface area (Å²) < 4.78 is 51.4. The molecule has 1 aliphatic rings. The number of azide groups is 1. The number of quaternary nitrogens is 4. The van der Waals surface area contributed by atoms with E-state index >= 15 is 0 Å². The number of nitrogens with zero attached hydrogens (tertiary/aromatic N) is 7. The first kappa shape index (κ1) is 38.0. The van der Waals surface area contributed by atoms with Gasteiger partial charge >= 0.3 is 0 Å². The normalized spacial score (nSPS) is 27.1. The van der Waals surface area contributed by atoms with E-state index in [0.717, 1.165) is 6.33 Å². The lowest BCUT2D eigenvalue weighted by Crippen LogP contribution is -2.41. The van der Waals surface area contributed by atoms with Gasteiger partial charge in [-0.3, -0.25) is 13.7 Å². The summed E-state index contributed by atoms with van der Waals surface area (Å²) in [5.74, 6) is -0.00984. The molecule has 20 N–H and O–H groups in total. The second-order valence-electron chi connectivity index (χ2n) is 6.80. The van der Waals surface area contributed by atoms with Gasteiger partial charge < -0.3 is 64.3 Å². The number of fused-ring (bicyclic) bond motifs is 1. The Labute approximate surface area is 212 Å². The fourth-order valence-electron chi connectivity index (χ4n) is 3.11. The first-order valence-electron chi connectivity index (χ1n) is 8.65. The largest absolute Gasteiger partial charge is 0.756 e. The molecule has 38 heavy (non-hydrogen) atoms. The molecule has 2 aromatic heterocycles. The highest BCUT2D eigenvalue weighted by Gasteiger charge is 2.55. The van der Waals surface area contributed by atoms with Crippen molar-refractivity contribution in [2.45, 2.75) is 30.8 Å². The summed E-state index contributed by atoms with van der Waals surface area (Å²) in [6.07, 6.45) is -2.27. The Bertz CT molecular complexity index is 1280. The maximum atomic E-state index is 11.8. The van der Waals surface area contributed by atoms with Gasteiger partial charge in [0.05, 0.1) is 24.6 Å². The molecule has 0 radical (unpaired) electrons. The van der Waals surface area contributed by atoms with Crippen molar-refractivity contribution in [1.82, 2.24) is 44.2 Å². The van der Waals surface area contributed by atoms with Gasteiger partial charge in [0.15, 0.2) is 11.5 Å². The van der Waals surface area contributed by atoms with Gasteiger partial charge in [-0.15, -0.1) is 0 Å². The minimum absolute atomic E-state index is 0. The number of anilines is 1. The summed E-state index contributed by atoms with van der Waals surface area (Å²) in [7, 11) is -17.9. The highest BCUT2D eigenvalue weighted by atomic mass is 31.3. The summed E-state index contributed by atoms with van der Waals surface area (Å²) >= 11 is 0. The van der Waals surface area contributed by atoms with Gasteiger partial charge in [0.1, 0.15) is 24.1 Å². The smallest absolute Gasteiger partial charge is 0.280 e. The molecular weight excluding hydrogens is 585 g/mol. The molecule has 27 heteroatoms. The van der Waals surface area contributed by atoms with Crippen LogP contribution in [0, 0.1) is 0 Å². The van der Waals surface area contributed by atoms with Crippen molar-refractivity contribution in [3.63, 3.8) is 0 Å². The van der Waals surface area contributed by atoms with Crippen LogP contribution in [-0.4, -0.2) is 53.9 Å². The van der Waals surface area contributed by atoms with Crippen LogP contribution in [0.1, 0.15) is 18.7 Å². The van der Waals surface area contributed by atoms with Gasteiger partial charge in [-0.1, -0.05) is 5.11 Å². The number of aliphatic hydroxyl groups is 1. The molecule has 0 aliphatic carbocycles. The van der Waals surface area contributed by atoms with Gasteiger partial charge in [-0.05, 0) is 12.5 Å². The van der Waals surface area contributed by atoms with Crippen LogP contribution in [0.5, 0.6) is 0 Å². The van der Waals surface area contributed by atoms with E-state index in [1.807, 2.05) is 0 Å². The molecule has 220 valence electrons. The highest BCUT2D eigenvalue weighted by molar-refractivity contribution is 7.65. The van der Waals surface area contributed by atoms with E-state index in [0.29, 0.717) is 0 Å². The second kappa shape index (κ2) is 13.3. The molecule has 0 amide bonds. The maximum Gasteiger partial charge on any atom is 0.280 e. The number of hydrogen-bond donors (Lipinski definition) is 7. The fourth-order valence-corrected chi connectivity index (χ4v) is 6.01. The monoisotopic (exact) mass is 615 g/mol. The molecule has 0 bridgehead atoms. The molecular formula is C11H30N12O12P3+. The summed E-state index contributed by atoms with van der Waals surface area (Å²) in [5, 5.41) is 18.2. The molecule has 7 atom stereocenters. The predicted molar refractivity (Wildman–Crippen MR) is 123 cm³/mol. The summed E-state index contributed by atoms with van der Waals surface area (Å²) in [5.41, 5.74) is 13.1. The van der Waals surface area contributed by atoms with Gasteiger partial charge in [0.2, 0.25) is 0 Å². The van der Waals surface area contributed by atoms with Crippen molar-refractivity contribution in [1.29, 1.82) is 0 Å². The van der Waals surface area contributed by atoms with E-state index in [2.05, 4.69) is 38.2 Å². The Morgan fingerprint density at radius 1 is 1.21 bits per heavy atom. The zero-order valence-corrected chi connectivity index (χ0v) is 23.3. The quantitative estimate of drug-likeness (QED) is 0.0810. The van der Waals surface area contributed by atoms with Gasteiger partial charge in [0, 0.05) is 4.91 Å². The van der Waals surface area contributed by atoms with E-state index in [-0.39, 0.29) is 41.8 Å². The summed E-state index contributed by atoms with van der Waals surface area (Å²) in [6.45, 7) is 0.184. The Hall–Kier alpha value is -2.17. The standard InChI is InChI=1S/C11H17N8O12P3.4H3N/c1-11(17-18-13)7(20)6(3-28-33(24,25)31-34(26,27)30-32(21,22)23)29-8(11)5-2-14-10-9(12)15-4-16-19(5)10;;;;/h2,4,6-8,20H,3H2,1H3,(H,24,25)(H,26,27)(H2,12,15,16)(H2,21,22,23);4*1H3/p+1/t6-,7-,8+,11-;;;;/m1..../s1. The number of hydrogen-bond acceptors (Lipinski definition) is 16. The van der Waals surface area contributed by atoms with E-state index in [9.17, 15) is 33.5 Å². The fraction of sp³-hybridized carbons (Fsp3) is 0.545. The van der Waals surface area contributed by atoms with Gasteiger partial charge in [0.25, 0.3) is 23.5 Å². The number of imidazole rings is 1. The number of ether oxygens (including phenoxy) is 1. The van der Waals surface area contributed by atoms with E-state index < -0.39 is 53.9 Å². The minimum atomic E-state index is -6.12. The third-order valence-electron chi connectivity index (χ3n) is 4.48. The molecule has 1 saturated heterocycles. The molecule has 1 fully saturated rings. The van der Waals surface area contributed by atoms with Crippen molar-refractivity contribution in [3.8, 4) is 0 Å². The van der Waals surface area contributed by atoms with E-state index in [1.165, 1.54) is 17.6 Å². The third-order valence-corrected chi connectivity index (χ3v) is 8.17. The number of aromatic nitrogens is 4. The van der Waals surface area contributed by atoms with E-state index in [4.69, 9.17) is 20.9 Å². The number of aliphatic hydroxyl groups excluding tert-OH is 1. The maximum absolute atomic E-state index is 11.8. The van der Waals surface area contributed by atoms with Gasteiger partial charge in [-0.2, -0.15) is 5.10 Å². The van der Waals surface area contributed by atoms with Crippen LogP contribution in [0.15, 0.2) is 17.6 Å². The van der Waals surface area contributed by atoms with Crippen molar-refractivity contribution >= 4 is 34.9 Å². The Morgan fingerprint density at radius 3 is 2.37 bits per heavy atom. The first-order chi connectivity index (χ1) is 15.6. The molecule has 0 aromatic carbocycles. The topological polar surface area (TPSA) is 462 Å². The summed E-state index contributed by atoms with van der Waals surface area (Å²) in [6, 6.07) is 0. The van der Waals surface area contributed by atoms with Crippen LogP contribution >= 0.6 is 23.5 Å². The second-order valence-corrected chi connectivity index (χ2v) is 11.1. The number of nitrogens with two attached hydrogens (primary N) is 1. The average molecular weight is 615 g/mol. The van der Waals surface area contributed by atoms with E-state index in [1.54, 1.807) is 0 Å². The van der Waals surface area contributed by atoms with Crippen LogP contribution in [0.25, 0.3) is 16.1 Å². The zero-order valence-electron chi connectivity index (χ0n) is 20.6. The molecule has 0 spiro atoms. The SMILES string of the molecule is C[C@@]1(N=[N+]=[N-])[C@H](O)[C@@H](COP(=O)([O-])OP(=O)([O-])OP(=O)([O-])O)O[C@H]1c1cnc2c(N)ncnn12.[NH4+].[NH4+].[NH4+].[NH4+]. The minimum Gasteiger partial charge on any atom is -0.756 e. The van der Waals surface area contributed by atoms with Crippen LogP contribution in [0.3, 0.4) is 0 Å². The first-order valence-corrected chi connectivity index (χ1v) is 13.1. The number of phosphoric acid groups is 3. The zero-order chi connectivity index (χ0) is 25.5. The number of phosphoric ester groups is 1. The Balaban J connectivity index is 0.